The van der Waals surface area contributed by atoms with E-state index in [1.807, 2.05) is 6.92 Å². The summed E-state index contributed by atoms with van der Waals surface area (Å²) in [6.07, 6.45) is 1.00. The first kappa shape index (κ1) is 15.0. The fourth-order valence-electron chi connectivity index (χ4n) is 1.48. The zero-order valence-corrected chi connectivity index (χ0v) is 11.6. The van der Waals surface area contributed by atoms with Crippen molar-refractivity contribution in [1.82, 2.24) is 0 Å². The van der Waals surface area contributed by atoms with E-state index in [9.17, 15) is 13.6 Å². The van der Waals surface area contributed by atoms with E-state index in [0.29, 0.717) is 6.54 Å². The molecule has 0 aliphatic carbocycles. The Morgan fingerprint density at radius 1 is 1.44 bits per heavy atom. The monoisotopic (exact) mass is 320 g/mol. The molecule has 18 heavy (non-hydrogen) atoms. The van der Waals surface area contributed by atoms with E-state index < -0.39 is 11.6 Å². The molecule has 3 N–H and O–H groups in total. The van der Waals surface area contributed by atoms with Crippen molar-refractivity contribution >= 4 is 27.5 Å². The summed E-state index contributed by atoms with van der Waals surface area (Å²) in [4.78, 5) is 11.6. The molecular formula is C12H15BrF2N2O. The summed E-state index contributed by atoms with van der Waals surface area (Å²) in [6, 6.07) is 1.92. The highest BCUT2D eigenvalue weighted by Gasteiger charge is 2.14. The normalized spacial score (nSPS) is 12.3. The van der Waals surface area contributed by atoms with Crippen molar-refractivity contribution in [2.75, 3.05) is 11.9 Å². The third-order valence-corrected chi connectivity index (χ3v) is 3.28. The summed E-state index contributed by atoms with van der Waals surface area (Å²) >= 11 is 2.94. The highest BCUT2D eigenvalue weighted by atomic mass is 79.9. The zero-order chi connectivity index (χ0) is 13.7. The average molecular weight is 321 g/mol. The Balaban J connectivity index is 2.73. The van der Waals surface area contributed by atoms with E-state index in [4.69, 9.17) is 5.73 Å². The smallest absolute Gasteiger partial charge is 0.224 e. The number of carbonyl (C=O) groups is 1. The fourth-order valence-corrected chi connectivity index (χ4v) is 1.82. The van der Waals surface area contributed by atoms with Crippen molar-refractivity contribution in [2.24, 2.45) is 11.7 Å². The number of benzene rings is 1. The molecule has 1 aromatic carbocycles. The minimum atomic E-state index is -0.801. The van der Waals surface area contributed by atoms with E-state index in [-0.39, 0.29) is 28.4 Å². The Labute approximate surface area is 113 Å². The van der Waals surface area contributed by atoms with Gasteiger partial charge in [-0.15, -0.1) is 0 Å². The van der Waals surface area contributed by atoms with Gasteiger partial charge in [0.05, 0.1) is 10.2 Å². The van der Waals surface area contributed by atoms with Crippen LogP contribution in [0.2, 0.25) is 0 Å². The molecule has 3 nitrogen and oxygen atoms in total. The number of anilines is 1. The molecule has 1 rings (SSSR count). The Hall–Kier alpha value is -1.01. The third kappa shape index (κ3) is 4.03. The fraction of sp³-hybridized carbons (Fsp3) is 0.417. The lowest BCUT2D eigenvalue weighted by molar-refractivity contribution is -0.117. The second-order valence-electron chi connectivity index (χ2n) is 4.01. The summed E-state index contributed by atoms with van der Waals surface area (Å²) in [5.74, 6) is -1.77. The van der Waals surface area contributed by atoms with Crippen LogP contribution in [0.3, 0.4) is 0 Å². The van der Waals surface area contributed by atoms with Gasteiger partial charge in [0, 0.05) is 12.5 Å². The van der Waals surface area contributed by atoms with Gasteiger partial charge >= 0.3 is 0 Å². The van der Waals surface area contributed by atoms with E-state index in [0.717, 1.165) is 12.5 Å². The SMILES string of the molecule is CCC(CN)CC(=O)Nc1cc(Br)c(F)cc1F. The number of nitrogens with two attached hydrogens (primary N) is 1. The van der Waals surface area contributed by atoms with Crippen LogP contribution in [-0.4, -0.2) is 12.5 Å². The highest BCUT2D eigenvalue weighted by Crippen LogP contribution is 2.24. The van der Waals surface area contributed by atoms with Crippen LogP contribution in [0, 0.1) is 17.6 Å². The van der Waals surface area contributed by atoms with E-state index in [1.54, 1.807) is 0 Å². The van der Waals surface area contributed by atoms with Gasteiger partial charge in [0.1, 0.15) is 11.6 Å². The summed E-state index contributed by atoms with van der Waals surface area (Å²) in [7, 11) is 0. The van der Waals surface area contributed by atoms with Crippen LogP contribution in [0.25, 0.3) is 0 Å². The molecule has 1 atom stereocenters. The molecular weight excluding hydrogens is 306 g/mol. The Morgan fingerprint density at radius 2 is 2.11 bits per heavy atom. The van der Waals surface area contributed by atoms with Gasteiger partial charge < -0.3 is 11.1 Å². The Kier molecular flexibility index (Phi) is 5.68. The second-order valence-corrected chi connectivity index (χ2v) is 4.86. The molecule has 0 aliphatic rings. The van der Waals surface area contributed by atoms with Gasteiger partial charge in [0.2, 0.25) is 5.91 Å². The van der Waals surface area contributed by atoms with Crippen molar-refractivity contribution in [3.05, 3.63) is 28.2 Å². The van der Waals surface area contributed by atoms with Crippen molar-refractivity contribution in [1.29, 1.82) is 0 Å². The lowest BCUT2D eigenvalue weighted by Crippen LogP contribution is -2.22. The Morgan fingerprint density at radius 3 is 2.67 bits per heavy atom. The number of halogens is 3. The van der Waals surface area contributed by atoms with Crippen LogP contribution in [0.1, 0.15) is 19.8 Å². The van der Waals surface area contributed by atoms with Crippen LogP contribution in [0.4, 0.5) is 14.5 Å². The minimum absolute atomic E-state index is 0.0415. The summed E-state index contributed by atoms with van der Waals surface area (Å²) in [5, 5.41) is 2.41. The number of amides is 1. The van der Waals surface area contributed by atoms with Crippen molar-refractivity contribution in [3.63, 3.8) is 0 Å². The first-order valence-electron chi connectivity index (χ1n) is 5.62. The molecule has 1 amide bonds. The summed E-state index contributed by atoms with van der Waals surface area (Å²) in [5.41, 5.74) is 5.45. The van der Waals surface area contributed by atoms with E-state index in [2.05, 4.69) is 21.2 Å². The second kappa shape index (κ2) is 6.80. The number of rotatable bonds is 5. The van der Waals surface area contributed by atoms with Crippen molar-refractivity contribution < 1.29 is 13.6 Å². The topological polar surface area (TPSA) is 55.1 Å². The number of hydrogen-bond acceptors (Lipinski definition) is 2. The number of hydrogen-bond donors (Lipinski definition) is 2. The van der Waals surface area contributed by atoms with Gasteiger partial charge in [-0.3, -0.25) is 4.79 Å². The van der Waals surface area contributed by atoms with E-state index >= 15 is 0 Å². The zero-order valence-electron chi connectivity index (χ0n) is 9.97. The van der Waals surface area contributed by atoms with Crippen LogP contribution in [0.5, 0.6) is 0 Å². The quantitative estimate of drug-likeness (QED) is 0.819. The molecule has 6 heteroatoms. The maximum Gasteiger partial charge on any atom is 0.224 e. The Bertz CT molecular complexity index is 436. The highest BCUT2D eigenvalue weighted by molar-refractivity contribution is 9.10. The maximum absolute atomic E-state index is 13.4. The van der Waals surface area contributed by atoms with Gasteiger partial charge in [-0.05, 0) is 34.5 Å². The van der Waals surface area contributed by atoms with Crippen LogP contribution in [0.15, 0.2) is 16.6 Å². The first-order valence-corrected chi connectivity index (χ1v) is 6.41. The summed E-state index contributed by atoms with van der Waals surface area (Å²) < 4.78 is 26.5. The average Bonchev–Trinajstić information content (AvgIpc) is 2.33. The van der Waals surface area contributed by atoms with Gasteiger partial charge in [0.15, 0.2) is 0 Å². The number of nitrogens with one attached hydrogen (secondary N) is 1. The predicted molar refractivity (Wildman–Crippen MR) is 70.1 cm³/mol. The van der Waals surface area contributed by atoms with Crippen LogP contribution >= 0.6 is 15.9 Å². The van der Waals surface area contributed by atoms with Gasteiger partial charge in [-0.1, -0.05) is 13.3 Å². The summed E-state index contributed by atoms with van der Waals surface area (Å²) in [6.45, 7) is 2.33. The van der Waals surface area contributed by atoms with Crippen LogP contribution in [-0.2, 0) is 4.79 Å². The molecule has 0 saturated heterocycles. The lowest BCUT2D eigenvalue weighted by Gasteiger charge is -2.12. The van der Waals surface area contributed by atoms with Crippen LogP contribution < -0.4 is 11.1 Å². The molecule has 0 heterocycles. The molecule has 1 unspecified atom stereocenters. The first-order chi connectivity index (χ1) is 8.47. The minimum Gasteiger partial charge on any atom is -0.330 e. The molecule has 0 aromatic heterocycles. The molecule has 100 valence electrons. The molecule has 0 saturated carbocycles. The predicted octanol–water partition coefficient (Wildman–Crippen LogP) is 3.04. The third-order valence-electron chi connectivity index (χ3n) is 2.67. The molecule has 0 bridgehead atoms. The molecule has 1 aromatic rings. The van der Waals surface area contributed by atoms with Crippen molar-refractivity contribution in [3.8, 4) is 0 Å². The maximum atomic E-state index is 13.4. The lowest BCUT2D eigenvalue weighted by atomic mass is 10.0. The van der Waals surface area contributed by atoms with E-state index in [1.165, 1.54) is 6.07 Å². The standard InChI is InChI=1S/C12H15BrF2N2O/c1-2-7(6-16)3-12(18)17-11-4-8(13)9(14)5-10(11)15/h4-5,7H,2-3,6,16H2,1H3,(H,17,18). The molecule has 0 aliphatic heterocycles. The molecule has 0 fully saturated rings. The molecule has 0 radical (unpaired) electrons. The van der Waals surface area contributed by atoms with Gasteiger partial charge in [0.25, 0.3) is 0 Å². The molecule has 0 spiro atoms. The number of carbonyl (C=O) groups excluding carboxylic acids is 1. The van der Waals surface area contributed by atoms with Gasteiger partial charge in [-0.25, -0.2) is 8.78 Å². The largest absolute Gasteiger partial charge is 0.330 e. The van der Waals surface area contributed by atoms with Gasteiger partial charge in [-0.2, -0.15) is 0 Å². The van der Waals surface area contributed by atoms with Crippen molar-refractivity contribution in [2.45, 2.75) is 19.8 Å².